The highest BCUT2D eigenvalue weighted by molar-refractivity contribution is 5.28. The van der Waals surface area contributed by atoms with Gasteiger partial charge in [-0.2, -0.15) is 0 Å². The lowest BCUT2D eigenvalue weighted by Gasteiger charge is -2.16. The van der Waals surface area contributed by atoms with Crippen LogP contribution in [-0.4, -0.2) is 24.8 Å². The second kappa shape index (κ2) is 5.98. The topological polar surface area (TPSA) is 57.4 Å². The molecule has 0 saturated carbocycles. The minimum absolute atomic E-state index is 0.0251. The van der Waals surface area contributed by atoms with Crippen LogP contribution in [0.4, 0.5) is 0 Å². The Balaban J connectivity index is 1.91. The van der Waals surface area contributed by atoms with Crippen molar-refractivity contribution in [2.45, 2.75) is 37.8 Å². The van der Waals surface area contributed by atoms with E-state index in [1.165, 1.54) is 6.42 Å². The number of hydrogen-bond acceptors (Lipinski definition) is 4. The molecule has 1 fully saturated rings. The van der Waals surface area contributed by atoms with E-state index in [2.05, 4.69) is 4.98 Å². The van der Waals surface area contributed by atoms with Crippen molar-refractivity contribution in [1.29, 1.82) is 0 Å². The van der Waals surface area contributed by atoms with Crippen LogP contribution in [0.1, 0.15) is 37.3 Å². The lowest BCUT2D eigenvalue weighted by molar-refractivity contribution is 0.101. The fourth-order valence-electron chi connectivity index (χ4n) is 2.25. The third-order valence-electron chi connectivity index (χ3n) is 3.22. The van der Waals surface area contributed by atoms with E-state index in [4.69, 9.17) is 15.2 Å². The molecule has 1 aromatic heterocycles. The molecule has 2 heterocycles. The van der Waals surface area contributed by atoms with Crippen LogP contribution in [0.5, 0.6) is 5.88 Å². The fourth-order valence-corrected chi connectivity index (χ4v) is 2.25. The Labute approximate surface area is 102 Å². The van der Waals surface area contributed by atoms with Gasteiger partial charge < -0.3 is 15.2 Å². The Morgan fingerprint density at radius 3 is 3.24 bits per heavy atom. The maximum atomic E-state index is 6.17. The highest BCUT2D eigenvalue weighted by atomic mass is 16.5. The summed E-state index contributed by atoms with van der Waals surface area (Å²) in [5.74, 6) is 0.632. The molecule has 0 spiro atoms. The molecule has 94 valence electrons. The quantitative estimate of drug-likeness (QED) is 0.850. The van der Waals surface area contributed by atoms with Crippen molar-refractivity contribution in [2.24, 2.45) is 5.73 Å². The molecule has 0 aromatic carbocycles. The van der Waals surface area contributed by atoms with E-state index in [0.29, 0.717) is 12.0 Å². The number of nitrogens with zero attached hydrogens (tertiary/aromatic N) is 1. The molecule has 1 saturated heterocycles. The molecular formula is C13H20N2O2. The van der Waals surface area contributed by atoms with Gasteiger partial charge in [0.25, 0.3) is 0 Å². The van der Waals surface area contributed by atoms with Crippen LogP contribution in [0.2, 0.25) is 0 Å². The van der Waals surface area contributed by atoms with Crippen molar-refractivity contribution in [3.63, 3.8) is 0 Å². The predicted octanol–water partition coefficient (Wildman–Crippen LogP) is 2.05. The Bertz CT molecular complexity index is 351. The molecule has 1 aromatic rings. The van der Waals surface area contributed by atoms with Crippen molar-refractivity contribution in [3.8, 4) is 5.88 Å². The molecule has 2 atom stereocenters. The van der Waals surface area contributed by atoms with Crippen LogP contribution in [-0.2, 0) is 4.74 Å². The summed E-state index contributed by atoms with van der Waals surface area (Å²) in [4.78, 5) is 4.16. The molecule has 0 radical (unpaired) electrons. The molecule has 4 heteroatoms. The van der Waals surface area contributed by atoms with Gasteiger partial charge in [0.15, 0.2) is 0 Å². The Hall–Kier alpha value is -1.13. The minimum Gasteiger partial charge on any atom is -0.481 e. The van der Waals surface area contributed by atoms with Crippen LogP contribution in [0.15, 0.2) is 18.3 Å². The van der Waals surface area contributed by atoms with Gasteiger partial charge in [0, 0.05) is 24.4 Å². The molecule has 4 nitrogen and oxygen atoms in total. The maximum absolute atomic E-state index is 6.17. The monoisotopic (exact) mass is 236 g/mol. The van der Waals surface area contributed by atoms with Crippen LogP contribution in [0.25, 0.3) is 0 Å². The molecule has 1 aliphatic rings. The lowest BCUT2D eigenvalue weighted by Crippen LogP contribution is -2.15. The standard InChI is InChI=1S/C13H20N2O2/c1-16-13-11(5-2-8-15-13)12(14)7-6-10-4-3-9-17-10/h2,5,8,10,12H,3-4,6-7,9,14H2,1H3. The van der Waals surface area contributed by atoms with Crippen LogP contribution >= 0.6 is 0 Å². The van der Waals surface area contributed by atoms with Crippen molar-refractivity contribution < 1.29 is 9.47 Å². The van der Waals surface area contributed by atoms with Crippen molar-refractivity contribution >= 4 is 0 Å². The van der Waals surface area contributed by atoms with Crippen LogP contribution in [0.3, 0.4) is 0 Å². The van der Waals surface area contributed by atoms with Gasteiger partial charge in [-0.25, -0.2) is 4.98 Å². The summed E-state index contributed by atoms with van der Waals surface area (Å²) in [5, 5.41) is 0. The zero-order valence-electron chi connectivity index (χ0n) is 10.3. The summed E-state index contributed by atoms with van der Waals surface area (Å²) in [6, 6.07) is 3.85. The van der Waals surface area contributed by atoms with Gasteiger partial charge in [0.1, 0.15) is 0 Å². The van der Waals surface area contributed by atoms with Crippen LogP contribution in [0, 0.1) is 0 Å². The van der Waals surface area contributed by atoms with Crippen LogP contribution < -0.4 is 10.5 Å². The number of rotatable bonds is 5. The summed E-state index contributed by atoms with van der Waals surface area (Å²) < 4.78 is 10.8. The molecule has 1 aliphatic heterocycles. The second-order valence-corrected chi connectivity index (χ2v) is 4.42. The molecule has 0 bridgehead atoms. The smallest absolute Gasteiger partial charge is 0.217 e. The average Bonchev–Trinajstić information content (AvgIpc) is 2.89. The Kier molecular flexibility index (Phi) is 4.34. The van der Waals surface area contributed by atoms with E-state index in [0.717, 1.165) is 31.4 Å². The van der Waals surface area contributed by atoms with Gasteiger partial charge in [0.05, 0.1) is 13.2 Å². The van der Waals surface area contributed by atoms with Gasteiger partial charge in [-0.1, -0.05) is 6.07 Å². The zero-order valence-corrected chi connectivity index (χ0v) is 10.3. The van der Waals surface area contributed by atoms with E-state index in [1.54, 1.807) is 13.3 Å². The number of aromatic nitrogens is 1. The number of ether oxygens (including phenoxy) is 2. The molecule has 2 rings (SSSR count). The van der Waals surface area contributed by atoms with Gasteiger partial charge >= 0.3 is 0 Å². The second-order valence-electron chi connectivity index (χ2n) is 4.42. The summed E-state index contributed by atoms with van der Waals surface area (Å²) in [5.41, 5.74) is 7.15. The first kappa shape index (κ1) is 12.3. The first-order valence-electron chi connectivity index (χ1n) is 6.17. The Morgan fingerprint density at radius 2 is 2.53 bits per heavy atom. The number of hydrogen-bond donors (Lipinski definition) is 1. The van der Waals surface area contributed by atoms with E-state index >= 15 is 0 Å². The van der Waals surface area contributed by atoms with Crippen molar-refractivity contribution in [2.75, 3.05) is 13.7 Å². The number of pyridine rings is 1. The SMILES string of the molecule is COc1ncccc1C(N)CCC1CCCO1. The summed E-state index contributed by atoms with van der Waals surface area (Å²) in [6.07, 6.45) is 6.37. The van der Waals surface area contributed by atoms with Gasteiger partial charge in [-0.15, -0.1) is 0 Å². The first-order valence-corrected chi connectivity index (χ1v) is 6.17. The van der Waals surface area contributed by atoms with Gasteiger partial charge in [0.2, 0.25) is 5.88 Å². The predicted molar refractivity (Wildman–Crippen MR) is 65.9 cm³/mol. The van der Waals surface area contributed by atoms with Crippen molar-refractivity contribution in [1.82, 2.24) is 4.98 Å². The highest BCUT2D eigenvalue weighted by Crippen LogP contribution is 2.26. The van der Waals surface area contributed by atoms with Crippen molar-refractivity contribution in [3.05, 3.63) is 23.9 Å². The average molecular weight is 236 g/mol. The largest absolute Gasteiger partial charge is 0.481 e. The summed E-state index contributed by atoms with van der Waals surface area (Å²) in [7, 11) is 1.62. The molecule has 0 amide bonds. The lowest BCUT2D eigenvalue weighted by atomic mass is 10.0. The summed E-state index contributed by atoms with van der Waals surface area (Å²) >= 11 is 0. The zero-order chi connectivity index (χ0) is 12.1. The number of nitrogens with two attached hydrogens (primary N) is 1. The molecule has 0 aliphatic carbocycles. The third kappa shape index (κ3) is 3.17. The van der Waals surface area contributed by atoms with Gasteiger partial charge in [-0.3, -0.25) is 0 Å². The minimum atomic E-state index is -0.0251. The fraction of sp³-hybridized carbons (Fsp3) is 0.615. The van der Waals surface area contributed by atoms with E-state index in [1.807, 2.05) is 12.1 Å². The first-order chi connectivity index (χ1) is 8.31. The molecule has 2 N–H and O–H groups in total. The van der Waals surface area contributed by atoms with E-state index in [-0.39, 0.29) is 6.04 Å². The molecular weight excluding hydrogens is 216 g/mol. The Morgan fingerprint density at radius 1 is 1.65 bits per heavy atom. The molecule has 2 unspecified atom stereocenters. The van der Waals surface area contributed by atoms with E-state index in [9.17, 15) is 0 Å². The van der Waals surface area contributed by atoms with E-state index < -0.39 is 0 Å². The number of methoxy groups -OCH3 is 1. The maximum Gasteiger partial charge on any atom is 0.217 e. The highest BCUT2D eigenvalue weighted by Gasteiger charge is 2.18. The summed E-state index contributed by atoms with van der Waals surface area (Å²) in [6.45, 7) is 0.899. The normalized spacial score (nSPS) is 21.4. The molecule has 17 heavy (non-hydrogen) atoms. The third-order valence-corrected chi connectivity index (χ3v) is 3.22. The van der Waals surface area contributed by atoms with Gasteiger partial charge in [-0.05, 0) is 31.7 Å².